The number of thiophene rings is 1. The molecule has 0 spiro atoms. The van der Waals surface area contributed by atoms with Crippen molar-refractivity contribution >= 4 is 34.3 Å². The van der Waals surface area contributed by atoms with Gasteiger partial charge in [-0.1, -0.05) is 6.07 Å². The second-order valence-electron chi connectivity index (χ2n) is 7.23. The first kappa shape index (κ1) is 18.7. The molecule has 4 rings (SSSR count). The standard InChI is InChI=1S/C20H24N4O3S/c25-20(19-5-4-14-28-19)23-12-10-21(11-13-23)16-6-7-17(24(26)27)18(15-16)22-8-2-1-3-9-22/h4-7,14-15H,1-3,8-13H2. The molecule has 28 heavy (non-hydrogen) atoms. The highest BCUT2D eigenvalue weighted by Crippen LogP contribution is 2.34. The molecule has 0 saturated carbocycles. The molecular formula is C20H24N4O3S. The number of piperazine rings is 1. The molecule has 0 bridgehead atoms. The molecule has 1 aromatic carbocycles. The molecule has 2 aliphatic rings. The largest absolute Gasteiger partial charge is 0.368 e. The molecule has 0 aliphatic carbocycles. The lowest BCUT2D eigenvalue weighted by atomic mass is 10.1. The summed E-state index contributed by atoms with van der Waals surface area (Å²) in [6, 6.07) is 9.18. The maximum absolute atomic E-state index is 12.5. The summed E-state index contributed by atoms with van der Waals surface area (Å²) in [6.07, 6.45) is 3.33. The lowest BCUT2D eigenvalue weighted by Crippen LogP contribution is -2.48. The first-order valence-electron chi connectivity index (χ1n) is 9.74. The van der Waals surface area contributed by atoms with E-state index in [0.29, 0.717) is 13.1 Å². The van der Waals surface area contributed by atoms with Gasteiger partial charge in [-0.25, -0.2) is 0 Å². The zero-order valence-corrected chi connectivity index (χ0v) is 16.6. The van der Waals surface area contributed by atoms with Gasteiger partial charge in [0.25, 0.3) is 11.6 Å². The number of hydrogen-bond donors (Lipinski definition) is 0. The lowest BCUT2D eigenvalue weighted by Gasteiger charge is -2.36. The maximum Gasteiger partial charge on any atom is 0.292 e. The normalized spacial score (nSPS) is 17.6. The van der Waals surface area contributed by atoms with Crippen molar-refractivity contribution in [3.8, 4) is 0 Å². The summed E-state index contributed by atoms with van der Waals surface area (Å²) in [5.74, 6) is 0.0901. The molecule has 2 aromatic rings. The van der Waals surface area contributed by atoms with Crippen molar-refractivity contribution in [1.29, 1.82) is 0 Å². The molecule has 7 nitrogen and oxygen atoms in total. The van der Waals surface area contributed by atoms with Crippen LogP contribution in [-0.4, -0.2) is 55.0 Å². The van der Waals surface area contributed by atoms with Gasteiger partial charge in [-0.05, 0) is 42.8 Å². The van der Waals surface area contributed by atoms with Crippen molar-refractivity contribution in [3.05, 3.63) is 50.7 Å². The molecule has 1 aromatic heterocycles. The van der Waals surface area contributed by atoms with Crippen LogP contribution in [0.3, 0.4) is 0 Å². The van der Waals surface area contributed by atoms with E-state index >= 15 is 0 Å². The molecule has 3 heterocycles. The first-order chi connectivity index (χ1) is 13.6. The minimum absolute atomic E-state index is 0.0901. The van der Waals surface area contributed by atoms with Crippen molar-refractivity contribution in [3.63, 3.8) is 0 Å². The average Bonchev–Trinajstić information content (AvgIpc) is 3.28. The smallest absolute Gasteiger partial charge is 0.292 e. The Morgan fingerprint density at radius 1 is 0.964 bits per heavy atom. The van der Waals surface area contributed by atoms with Crippen molar-refractivity contribution in [1.82, 2.24) is 4.90 Å². The van der Waals surface area contributed by atoms with E-state index in [1.165, 1.54) is 17.8 Å². The number of amides is 1. The summed E-state index contributed by atoms with van der Waals surface area (Å²) in [5, 5.41) is 13.4. The van der Waals surface area contributed by atoms with E-state index in [1.807, 2.05) is 34.5 Å². The number of nitrogens with zero attached hydrogens (tertiary/aromatic N) is 4. The van der Waals surface area contributed by atoms with Gasteiger partial charge < -0.3 is 14.7 Å². The molecule has 2 aliphatic heterocycles. The van der Waals surface area contributed by atoms with Crippen LogP contribution in [0.5, 0.6) is 0 Å². The second kappa shape index (κ2) is 8.18. The van der Waals surface area contributed by atoms with Crippen molar-refractivity contribution < 1.29 is 9.72 Å². The van der Waals surface area contributed by atoms with Crippen LogP contribution in [0.25, 0.3) is 0 Å². The monoisotopic (exact) mass is 400 g/mol. The van der Waals surface area contributed by atoms with E-state index in [9.17, 15) is 14.9 Å². The van der Waals surface area contributed by atoms with Crippen LogP contribution < -0.4 is 9.80 Å². The van der Waals surface area contributed by atoms with Crippen molar-refractivity contribution in [2.24, 2.45) is 0 Å². The molecule has 0 radical (unpaired) electrons. The van der Waals surface area contributed by atoms with E-state index < -0.39 is 0 Å². The highest BCUT2D eigenvalue weighted by atomic mass is 32.1. The van der Waals surface area contributed by atoms with Gasteiger partial charge in [0, 0.05) is 51.0 Å². The number of nitro benzene ring substituents is 1. The Morgan fingerprint density at radius 3 is 2.36 bits per heavy atom. The molecule has 148 valence electrons. The van der Waals surface area contributed by atoms with Crippen LogP contribution in [0.4, 0.5) is 17.1 Å². The third-order valence-electron chi connectivity index (χ3n) is 5.52. The quantitative estimate of drug-likeness (QED) is 0.579. The Hall–Kier alpha value is -2.61. The molecule has 0 N–H and O–H groups in total. The molecule has 2 saturated heterocycles. The molecule has 1 amide bonds. The number of nitro groups is 1. The van der Waals surface area contributed by atoms with Crippen LogP contribution >= 0.6 is 11.3 Å². The topological polar surface area (TPSA) is 69.9 Å². The fourth-order valence-corrected chi connectivity index (χ4v) is 4.67. The van der Waals surface area contributed by atoms with Crippen molar-refractivity contribution in [2.45, 2.75) is 19.3 Å². The van der Waals surface area contributed by atoms with E-state index in [1.54, 1.807) is 6.07 Å². The fourth-order valence-electron chi connectivity index (χ4n) is 3.97. The molecule has 0 atom stereocenters. The van der Waals surface area contributed by atoms with Gasteiger partial charge in [-0.2, -0.15) is 0 Å². The zero-order valence-electron chi connectivity index (χ0n) is 15.7. The SMILES string of the molecule is O=C(c1cccs1)N1CCN(c2ccc([N+](=O)[O-])c(N3CCCCC3)c2)CC1. The Morgan fingerprint density at radius 2 is 1.71 bits per heavy atom. The Kier molecular flexibility index (Phi) is 5.47. The Bertz CT molecular complexity index is 841. The summed E-state index contributed by atoms with van der Waals surface area (Å²) in [6.45, 7) is 4.52. The van der Waals surface area contributed by atoms with Crippen LogP contribution in [0.2, 0.25) is 0 Å². The number of carbonyl (C=O) groups excluding carboxylic acids is 1. The summed E-state index contributed by atoms with van der Waals surface area (Å²) < 4.78 is 0. The number of piperidine rings is 1. The van der Waals surface area contributed by atoms with Crippen molar-refractivity contribution in [2.75, 3.05) is 49.1 Å². The molecule has 0 unspecified atom stereocenters. The maximum atomic E-state index is 12.5. The third-order valence-corrected chi connectivity index (χ3v) is 6.37. The van der Waals surface area contributed by atoms with E-state index in [2.05, 4.69) is 9.80 Å². The molecule has 8 heteroatoms. The highest BCUT2D eigenvalue weighted by Gasteiger charge is 2.26. The molecule has 2 fully saturated rings. The number of rotatable bonds is 4. The van der Waals surface area contributed by atoms with E-state index in [0.717, 1.165) is 55.3 Å². The average molecular weight is 401 g/mol. The number of benzene rings is 1. The van der Waals surface area contributed by atoms with Gasteiger partial charge >= 0.3 is 0 Å². The second-order valence-corrected chi connectivity index (χ2v) is 8.18. The van der Waals surface area contributed by atoms with E-state index in [-0.39, 0.29) is 16.5 Å². The van der Waals surface area contributed by atoms with Crippen LogP contribution in [-0.2, 0) is 0 Å². The lowest BCUT2D eigenvalue weighted by molar-refractivity contribution is -0.384. The van der Waals surface area contributed by atoms with Gasteiger partial charge in [-0.15, -0.1) is 11.3 Å². The highest BCUT2D eigenvalue weighted by molar-refractivity contribution is 7.12. The Balaban J connectivity index is 1.49. The molecular weight excluding hydrogens is 376 g/mol. The van der Waals surface area contributed by atoms with Gasteiger partial charge in [-0.3, -0.25) is 14.9 Å². The van der Waals surface area contributed by atoms with Gasteiger partial charge in [0.05, 0.1) is 9.80 Å². The number of carbonyl (C=O) groups is 1. The predicted octanol–water partition coefficient (Wildman–Crippen LogP) is 3.61. The minimum atomic E-state index is -0.286. The minimum Gasteiger partial charge on any atom is -0.368 e. The van der Waals surface area contributed by atoms with Crippen LogP contribution in [0, 0.1) is 10.1 Å². The third kappa shape index (κ3) is 3.82. The fraction of sp³-hybridized carbons (Fsp3) is 0.450. The van der Waals surface area contributed by atoms with Gasteiger partial charge in [0.2, 0.25) is 0 Å². The van der Waals surface area contributed by atoms with Crippen LogP contribution in [0.1, 0.15) is 28.9 Å². The summed E-state index contributed by atoms with van der Waals surface area (Å²) >= 11 is 1.47. The summed E-state index contributed by atoms with van der Waals surface area (Å²) in [5.41, 5.74) is 1.89. The van der Waals surface area contributed by atoms with Gasteiger partial charge in [0.15, 0.2) is 0 Å². The first-order valence-corrected chi connectivity index (χ1v) is 10.6. The number of anilines is 2. The Labute approximate surface area is 168 Å². The predicted molar refractivity (Wildman–Crippen MR) is 112 cm³/mol. The zero-order chi connectivity index (χ0) is 19.5. The number of hydrogen-bond acceptors (Lipinski definition) is 6. The van der Waals surface area contributed by atoms with Crippen LogP contribution in [0.15, 0.2) is 35.7 Å². The summed E-state index contributed by atoms with van der Waals surface area (Å²) in [7, 11) is 0. The van der Waals surface area contributed by atoms with E-state index in [4.69, 9.17) is 0 Å². The van der Waals surface area contributed by atoms with Gasteiger partial charge in [0.1, 0.15) is 5.69 Å². The summed E-state index contributed by atoms with van der Waals surface area (Å²) in [4.78, 5) is 30.8.